The Balaban J connectivity index is 1.30. The van der Waals surface area contributed by atoms with Crippen LogP contribution in [0.5, 0.6) is 5.75 Å². The minimum absolute atomic E-state index is 0.0355. The Kier molecular flexibility index (Phi) is 3.97. The van der Waals surface area contributed by atoms with E-state index in [0.717, 1.165) is 37.2 Å². The lowest BCUT2D eigenvalue weighted by atomic mass is 9.53. The van der Waals surface area contributed by atoms with Gasteiger partial charge in [-0.1, -0.05) is 18.2 Å². The first-order chi connectivity index (χ1) is 13.5. The second-order valence-corrected chi connectivity index (χ2v) is 8.66. The molecule has 0 radical (unpaired) electrons. The van der Waals surface area contributed by atoms with E-state index < -0.39 is 16.6 Å². The molecule has 7 nitrogen and oxygen atoms in total. The number of ether oxygens (including phenoxy) is 2. The summed E-state index contributed by atoms with van der Waals surface area (Å²) in [5, 5.41) is 9.31. The summed E-state index contributed by atoms with van der Waals surface area (Å²) in [6.45, 7) is 2.53. The van der Waals surface area contributed by atoms with Gasteiger partial charge in [-0.2, -0.15) is 0 Å². The first-order valence-electron chi connectivity index (χ1n) is 10.2. The molecule has 3 saturated heterocycles. The van der Waals surface area contributed by atoms with Crippen LogP contribution in [0.3, 0.4) is 0 Å². The topological polar surface area (TPSA) is 88.7 Å². The van der Waals surface area contributed by atoms with Gasteiger partial charge in [-0.25, -0.2) is 0 Å². The molecule has 1 unspecified atom stereocenters. The summed E-state index contributed by atoms with van der Waals surface area (Å²) >= 11 is 0. The summed E-state index contributed by atoms with van der Waals surface area (Å²) in [5.74, 6) is 0.540. The maximum absolute atomic E-state index is 12.8. The van der Waals surface area contributed by atoms with Crippen molar-refractivity contribution in [2.45, 2.75) is 42.8 Å². The lowest BCUT2D eigenvalue weighted by Gasteiger charge is -2.47. The van der Waals surface area contributed by atoms with Crippen molar-refractivity contribution in [2.75, 3.05) is 33.3 Å². The molecule has 5 aliphatic rings. The third-order valence-electron chi connectivity index (χ3n) is 7.21. The zero-order valence-corrected chi connectivity index (χ0v) is 16.2. The van der Waals surface area contributed by atoms with E-state index in [1.807, 2.05) is 24.3 Å². The molecule has 1 aliphatic carbocycles. The average Bonchev–Trinajstić information content (AvgIpc) is 3.31. The standard InChI is InChI=1S/C21H27N3O4/c1-22-18(26)20-11-19(12-20,28-21(20)6-8-23-9-7-21)13-24-17(25)15-10-27-16-5-3-2-4-14(15)16/h2-5,15,23H,6-13H2,1H3,(H,22,26)(H,24,25). The molecule has 1 aromatic rings. The number of piperidine rings is 1. The molecule has 1 aromatic carbocycles. The highest BCUT2D eigenvalue weighted by molar-refractivity contribution is 5.87. The van der Waals surface area contributed by atoms with Gasteiger partial charge in [0.05, 0.1) is 16.6 Å². The van der Waals surface area contributed by atoms with E-state index in [9.17, 15) is 9.59 Å². The number of hydrogen-bond acceptors (Lipinski definition) is 5. The lowest BCUT2D eigenvalue weighted by molar-refractivity contribution is -0.140. The number of amides is 2. The van der Waals surface area contributed by atoms with Gasteiger partial charge in [0.1, 0.15) is 18.3 Å². The summed E-state index contributed by atoms with van der Waals surface area (Å²) in [4.78, 5) is 25.6. The van der Waals surface area contributed by atoms with Gasteiger partial charge in [0.2, 0.25) is 11.8 Å². The van der Waals surface area contributed by atoms with Crippen molar-refractivity contribution < 1.29 is 19.1 Å². The van der Waals surface area contributed by atoms with Crippen LogP contribution in [-0.2, 0) is 14.3 Å². The van der Waals surface area contributed by atoms with E-state index >= 15 is 0 Å². The van der Waals surface area contributed by atoms with Crippen molar-refractivity contribution >= 4 is 11.8 Å². The molecule has 7 heteroatoms. The maximum Gasteiger partial charge on any atom is 0.231 e. The molecule has 1 spiro atoms. The zero-order chi connectivity index (χ0) is 19.4. The van der Waals surface area contributed by atoms with Crippen molar-refractivity contribution in [3.8, 4) is 5.75 Å². The molecule has 4 aliphatic heterocycles. The van der Waals surface area contributed by atoms with E-state index in [2.05, 4.69) is 16.0 Å². The molecule has 28 heavy (non-hydrogen) atoms. The fourth-order valence-electron chi connectivity index (χ4n) is 5.88. The van der Waals surface area contributed by atoms with Crippen LogP contribution in [0.1, 0.15) is 37.2 Å². The normalized spacial score (nSPS) is 34.2. The highest BCUT2D eigenvalue weighted by Gasteiger charge is 2.77. The summed E-state index contributed by atoms with van der Waals surface area (Å²) in [6.07, 6.45) is 3.02. The Morgan fingerprint density at radius 2 is 1.96 bits per heavy atom. The Morgan fingerprint density at radius 3 is 2.71 bits per heavy atom. The first kappa shape index (κ1) is 17.9. The summed E-state index contributed by atoms with van der Waals surface area (Å²) in [7, 11) is 1.70. The molecule has 3 N–H and O–H groups in total. The quantitative estimate of drug-likeness (QED) is 0.710. The molecule has 2 bridgehead atoms. The van der Waals surface area contributed by atoms with Gasteiger partial charge in [-0.3, -0.25) is 9.59 Å². The number of rotatable bonds is 4. The number of fused-ring (bicyclic) bond motifs is 1. The highest BCUT2D eigenvalue weighted by Crippen LogP contribution is 2.68. The molecule has 1 atom stereocenters. The summed E-state index contributed by atoms with van der Waals surface area (Å²) in [5.41, 5.74) is -0.365. The molecule has 4 fully saturated rings. The van der Waals surface area contributed by atoms with Gasteiger partial charge in [0, 0.05) is 19.2 Å². The Labute approximate surface area is 164 Å². The molecule has 0 aromatic heterocycles. The fraction of sp³-hybridized carbons (Fsp3) is 0.619. The van der Waals surface area contributed by atoms with Crippen LogP contribution in [-0.4, -0.2) is 56.3 Å². The van der Waals surface area contributed by atoms with Crippen LogP contribution in [0.2, 0.25) is 0 Å². The number of nitrogens with one attached hydrogen (secondary N) is 3. The lowest BCUT2D eigenvalue weighted by Crippen LogP contribution is -2.61. The monoisotopic (exact) mass is 385 g/mol. The van der Waals surface area contributed by atoms with Gasteiger partial charge in [-0.05, 0) is 44.8 Å². The number of carbonyl (C=O) groups excluding carboxylic acids is 2. The second-order valence-electron chi connectivity index (χ2n) is 8.66. The Bertz CT molecular complexity index is 812. The Morgan fingerprint density at radius 1 is 1.21 bits per heavy atom. The van der Waals surface area contributed by atoms with Gasteiger partial charge in [0.25, 0.3) is 0 Å². The van der Waals surface area contributed by atoms with Crippen LogP contribution in [0.25, 0.3) is 0 Å². The molecule has 2 amide bonds. The van der Waals surface area contributed by atoms with E-state index in [1.165, 1.54) is 0 Å². The molecule has 150 valence electrons. The van der Waals surface area contributed by atoms with Crippen LogP contribution >= 0.6 is 0 Å². The predicted octanol–water partition coefficient (Wildman–Crippen LogP) is 0.696. The first-order valence-corrected chi connectivity index (χ1v) is 10.2. The van der Waals surface area contributed by atoms with E-state index in [1.54, 1.807) is 7.05 Å². The average molecular weight is 385 g/mol. The summed E-state index contributed by atoms with van der Waals surface area (Å²) in [6, 6.07) is 7.68. The number of para-hydroxylation sites is 1. The third kappa shape index (κ3) is 2.35. The van der Waals surface area contributed by atoms with Crippen LogP contribution in [0, 0.1) is 5.41 Å². The van der Waals surface area contributed by atoms with Gasteiger partial charge >= 0.3 is 0 Å². The van der Waals surface area contributed by atoms with E-state index in [0.29, 0.717) is 26.0 Å². The minimum Gasteiger partial charge on any atom is -0.492 e. The van der Waals surface area contributed by atoms with Crippen molar-refractivity contribution in [1.82, 2.24) is 16.0 Å². The molecule has 1 saturated carbocycles. The second kappa shape index (κ2) is 6.19. The number of carbonyl (C=O) groups is 2. The minimum atomic E-state index is -0.461. The van der Waals surface area contributed by atoms with Crippen molar-refractivity contribution in [1.29, 1.82) is 0 Å². The fourth-order valence-corrected chi connectivity index (χ4v) is 5.88. The van der Waals surface area contributed by atoms with Crippen molar-refractivity contribution in [3.05, 3.63) is 29.8 Å². The van der Waals surface area contributed by atoms with Gasteiger partial charge in [-0.15, -0.1) is 0 Å². The molecule has 4 heterocycles. The zero-order valence-electron chi connectivity index (χ0n) is 16.2. The van der Waals surface area contributed by atoms with Crippen LogP contribution in [0.15, 0.2) is 24.3 Å². The van der Waals surface area contributed by atoms with Crippen molar-refractivity contribution in [2.24, 2.45) is 5.41 Å². The molecular formula is C21H27N3O4. The predicted molar refractivity (Wildman–Crippen MR) is 102 cm³/mol. The number of hydrogen-bond donors (Lipinski definition) is 3. The molecular weight excluding hydrogens is 358 g/mol. The number of benzene rings is 1. The SMILES string of the molecule is CNC(=O)C12CC(CNC(=O)C3COc4ccccc43)(C1)OC21CCNCC1. The maximum atomic E-state index is 12.8. The summed E-state index contributed by atoms with van der Waals surface area (Å²) < 4.78 is 12.3. The van der Waals surface area contributed by atoms with E-state index in [-0.39, 0.29) is 17.7 Å². The van der Waals surface area contributed by atoms with Crippen molar-refractivity contribution in [3.63, 3.8) is 0 Å². The van der Waals surface area contributed by atoms with E-state index in [4.69, 9.17) is 9.47 Å². The Hall–Kier alpha value is -2.12. The molecule has 6 rings (SSSR count). The largest absolute Gasteiger partial charge is 0.492 e. The van der Waals surface area contributed by atoms with Crippen LogP contribution in [0.4, 0.5) is 0 Å². The third-order valence-corrected chi connectivity index (χ3v) is 7.21. The van der Waals surface area contributed by atoms with Crippen LogP contribution < -0.4 is 20.7 Å². The van der Waals surface area contributed by atoms with Gasteiger partial charge < -0.3 is 25.4 Å². The highest BCUT2D eigenvalue weighted by atomic mass is 16.5. The van der Waals surface area contributed by atoms with Gasteiger partial charge in [0.15, 0.2) is 0 Å². The smallest absolute Gasteiger partial charge is 0.231 e.